The van der Waals surface area contributed by atoms with Gasteiger partial charge in [0.15, 0.2) is 0 Å². The first-order valence-corrected chi connectivity index (χ1v) is 9.73. The third-order valence-electron chi connectivity index (χ3n) is 4.69. The van der Waals surface area contributed by atoms with Crippen molar-refractivity contribution in [1.82, 2.24) is 0 Å². The van der Waals surface area contributed by atoms with Gasteiger partial charge in [0.2, 0.25) is 0 Å². The standard InChI is InChI=1S/C25H37FO2/c1-10-18(2)13-14-19(3)20(4)17-25(26)22(6)21(5)16-24(23(7)28-9)12-11-15-27-8/h13-14,16-19H,4-7,10-12,15H2,1-3,8-9H3/b14-13-,24-16-,25-17+. The van der Waals surface area contributed by atoms with Crippen LogP contribution in [0.4, 0.5) is 4.39 Å². The first-order chi connectivity index (χ1) is 13.2. The molecule has 0 spiro atoms. The van der Waals surface area contributed by atoms with E-state index in [0.29, 0.717) is 35.9 Å². The molecule has 0 fully saturated rings. The summed E-state index contributed by atoms with van der Waals surface area (Å²) in [5.74, 6) is 0.639. The van der Waals surface area contributed by atoms with Gasteiger partial charge in [-0.25, -0.2) is 4.39 Å². The molecule has 0 N–H and O–H groups in total. The summed E-state index contributed by atoms with van der Waals surface area (Å²) in [6.07, 6.45) is 9.98. The van der Waals surface area contributed by atoms with E-state index in [-0.39, 0.29) is 11.5 Å². The minimum Gasteiger partial charge on any atom is -0.497 e. The molecule has 0 heterocycles. The van der Waals surface area contributed by atoms with Gasteiger partial charge >= 0.3 is 0 Å². The Hall–Kier alpha value is -2.13. The zero-order chi connectivity index (χ0) is 21.7. The van der Waals surface area contributed by atoms with Crippen LogP contribution >= 0.6 is 0 Å². The molecule has 2 unspecified atom stereocenters. The summed E-state index contributed by atoms with van der Waals surface area (Å²) in [4.78, 5) is 0. The molecule has 0 bridgehead atoms. The Morgan fingerprint density at radius 1 is 1.04 bits per heavy atom. The van der Waals surface area contributed by atoms with Gasteiger partial charge in [-0.15, -0.1) is 0 Å². The van der Waals surface area contributed by atoms with E-state index in [2.05, 4.69) is 52.3 Å². The van der Waals surface area contributed by atoms with Gasteiger partial charge in [0, 0.05) is 19.3 Å². The monoisotopic (exact) mass is 388 g/mol. The lowest BCUT2D eigenvalue weighted by Crippen LogP contribution is -1.98. The number of methoxy groups -OCH3 is 2. The summed E-state index contributed by atoms with van der Waals surface area (Å²) >= 11 is 0. The van der Waals surface area contributed by atoms with E-state index >= 15 is 0 Å². The predicted molar refractivity (Wildman–Crippen MR) is 120 cm³/mol. The van der Waals surface area contributed by atoms with Gasteiger partial charge in [0.25, 0.3) is 0 Å². The lowest BCUT2D eigenvalue weighted by Gasteiger charge is -2.12. The van der Waals surface area contributed by atoms with Crippen molar-refractivity contribution < 1.29 is 13.9 Å². The van der Waals surface area contributed by atoms with Gasteiger partial charge in [0.05, 0.1) is 7.11 Å². The van der Waals surface area contributed by atoms with Crippen LogP contribution in [0.15, 0.2) is 84.5 Å². The smallest absolute Gasteiger partial charge is 0.130 e. The van der Waals surface area contributed by atoms with Crippen molar-refractivity contribution in [2.24, 2.45) is 11.8 Å². The van der Waals surface area contributed by atoms with Crippen molar-refractivity contribution in [3.8, 4) is 0 Å². The van der Waals surface area contributed by atoms with E-state index in [0.717, 1.165) is 18.4 Å². The van der Waals surface area contributed by atoms with Crippen LogP contribution in [0, 0.1) is 11.8 Å². The molecule has 0 amide bonds. The molecular weight excluding hydrogens is 351 g/mol. The highest BCUT2D eigenvalue weighted by Gasteiger charge is 2.10. The van der Waals surface area contributed by atoms with Crippen molar-refractivity contribution in [2.75, 3.05) is 20.8 Å². The fraction of sp³-hybridized carbons (Fsp3) is 0.440. The normalized spacial score (nSPS) is 14.6. The van der Waals surface area contributed by atoms with Crippen molar-refractivity contribution in [3.05, 3.63) is 84.5 Å². The van der Waals surface area contributed by atoms with Gasteiger partial charge in [-0.1, -0.05) is 65.7 Å². The first-order valence-electron chi connectivity index (χ1n) is 9.73. The fourth-order valence-corrected chi connectivity index (χ4v) is 2.28. The highest BCUT2D eigenvalue weighted by Crippen LogP contribution is 2.26. The van der Waals surface area contributed by atoms with E-state index in [1.54, 1.807) is 20.3 Å². The van der Waals surface area contributed by atoms with E-state index in [1.165, 1.54) is 6.08 Å². The molecule has 0 aliphatic heterocycles. The van der Waals surface area contributed by atoms with Crippen LogP contribution in [-0.2, 0) is 9.47 Å². The summed E-state index contributed by atoms with van der Waals surface area (Å²) in [6, 6.07) is 0. The number of allylic oxidation sites excluding steroid dienone is 9. The SMILES string of the molecule is C=C(/C=C(/CCCOC)C(=C)OC)C(=C)/C(F)=C\C(=C)C(C)/C=C\C(C)CC. The first kappa shape index (κ1) is 25.9. The van der Waals surface area contributed by atoms with E-state index in [4.69, 9.17) is 9.47 Å². The maximum atomic E-state index is 14.7. The molecule has 0 radical (unpaired) electrons. The molecule has 2 nitrogen and oxygen atoms in total. The Kier molecular flexibility index (Phi) is 12.9. The third kappa shape index (κ3) is 9.70. The average molecular weight is 389 g/mol. The zero-order valence-corrected chi connectivity index (χ0v) is 18.3. The van der Waals surface area contributed by atoms with Crippen molar-refractivity contribution >= 4 is 0 Å². The summed E-state index contributed by atoms with van der Waals surface area (Å²) < 4.78 is 25.0. The highest BCUT2D eigenvalue weighted by molar-refractivity contribution is 5.50. The van der Waals surface area contributed by atoms with E-state index in [9.17, 15) is 4.39 Å². The van der Waals surface area contributed by atoms with Gasteiger partial charge in [-0.3, -0.25) is 0 Å². The number of rotatable bonds is 14. The van der Waals surface area contributed by atoms with Crippen LogP contribution in [-0.4, -0.2) is 20.8 Å². The molecule has 0 saturated carbocycles. The quantitative estimate of drug-likeness (QED) is 0.135. The number of hydrogen-bond acceptors (Lipinski definition) is 2. The van der Waals surface area contributed by atoms with Gasteiger partial charge in [0.1, 0.15) is 11.6 Å². The molecule has 0 aromatic rings. The molecule has 0 rings (SSSR count). The summed E-state index contributed by atoms with van der Waals surface area (Å²) in [5, 5.41) is 0. The van der Waals surface area contributed by atoms with E-state index < -0.39 is 5.83 Å². The van der Waals surface area contributed by atoms with Crippen LogP contribution in [0.2, 0.25) is 0 Å². The van der Waals surface area contributed by atoms with Crippen molar-refractivity contribution in [2.45, 2.75) is 40.0 Å². The lowest BCUT2D eigenvalue weighted by atomic mass is 9.96. The van der Waals surface area contributed by atoms with E-state index in [1.807, 2.05) is 6.92 Å². The molecule has 0 saturated heterocycles. The topological polar surface area (TPSA) is 18.5 Å². The maximum absolute atomic E-state index is 14.7. The molecule has 0 aromatic carbocycles. The molecule has 156 valence electrons. The summed E-state index contributed by atoms with van der Waals surface area (Å²) in [6.45, 7) is 22.6. The molecular formula is C25H37FO2. The third-order valence-corrected chi connectivity index (χ3v) is 4.69. The van der Waals surface area contributed by atoms with Gasteiger partial charge < -0.3 is 9.47 Å². The molecule has 0 aromatic heterocycles. The van der Waals surface area contributed by atoms with Crippen molar-refractivity contribution in [3.63, 3.8) is 0 Å². The Labute approximate surface area is 171 Å². The second kappa shape index (κ2) is 14.0. The largest absolute Gasteiger partial charge is 0.497 e. The Bertz CT molecular complexity index is 649. The Morgan fingerprint density at radius 3 is 2.21 bits per heavy atom. The minimum absolute atomic E-state index is 0.0502. The van der Waals surface area contributed by atoms with Gasteiger partial charge in [-0.05, 0) is 53.5 Å². The second-order valence-corrected chi connectivity index (χ2v) is 7.02. The maximum Gasteiger partial charge on any atom is 0.130 e. The molecule has 3 heteroatoms. The molecule has 28 heavy (non-hydrogen) atoms. The number of ether oxygens (including phenoxy) is 2. The predicted octanol–water partition coefficient (Wildman–Crippen LogP) is 7.26. The van der Waals surface area contributed by atoms with Crippen LogP contribution in [0.5, 0.6) is 0 Å². The zero-order valence-electron chi connectivity index (χ0n) is 18.3. The number of halogens is 1. The van der Waals surface area contributed by atoms with Crippen LogP contribution in [0.25, 0.3) is 0 Å². The van der Waals surface area contributed by atoms with Crippen LogP contribution in [0.1, 0.15) is 40.0 Å². The minimum atomic E-state index is -0.436. The summed E-state index contributed by atoms with van der Waals surface area (Å²) in [7, 11) is 3.21. The van der Waals surface area contributed by atoms with Crippen LogP contribution < -0.4 is 0 Å². The lowest BCUT2D eigenvalue weighted by molar-refractivity contribution is 0.194. The Balaban J connectivity index is 5.22. The summed E-state index contributed by atoms with van der Waals surface area (Å²) in [5.41, 5.74) is 2.25. The molecule has 2 atom stereocenters. The molecule has 0 aliphatic rings. The average Bonchev–Trinajstić information content (AvgIpc) is 2.69. The molecule has 0 aliphatic carbocycles. The Morgan fingerprint density at radius 2 is 1.68 bits per heavy atom. The number of hydrogen-bond donors (Lipinski definition) is 0. The van der Waals surface area contributed by atoms with Crippen molar-refractivity contribution in [1.29, 1.82) is 0 Å². The highest BCUT2D eigenvalue weighted by atomic mass is 19.1. The van der Waals surface area contributed by atoms with Gasteiger partial charge in [-0.2, -0.15) is 0 Å². The fourth-order valence-electron chi connectivity index (χ4n) is 2.28. The van der Waals surface area contributed by atoms with Crippen LogP contribution in [0.3, 0.4) is 0 Å². The second-order valence-electron chi connectivity index (χ2n) is 7.02.